The quantitative estimate of drug-likeness (QED) is 0.756. The van der Waals surface area contributed by atoms with Crippen molar-refractivity contribution in [3.05, 3.63) is 33.9 Å². The van der Waals surface area contributed by atoms with E-state index in [0.29, 0.717) is 5.56 Å². The molecule has 0 amide bonds. The maximum Gasteiger partial charge on any atom is 0.339 e. The SMILES string of the molecule is Cc1c(C)c(F)c(F)c(C(=O)O)c1C. The van der Waals surface area contributed by atoms with Crippen molar-refractivity contribution in [3.63, 3.8) is 0 Å². The van der Waals surface area contributed by atoms with Crippen molar-refractivity contribution in [2.24, 2.45) is 0 Å². The number of carboxylic acid groups (broad SMARTS) is 1. The molecule has 4 heteroatoms. The van der Waals surface area contributed by atoms with E-state index < -0.39 is 23.2 Å². The summed E-state index contributed by atoms with van der Waals surface area (Å²) in [5, 5.41) is 8.68. The lowest BCUT2D eigenvalue weighted by atomic mass is 9.97. The molecule has 0 aliphatic carbocycles. The molecule has 1 N–H and O–H groups in total. The van der Waals surface area contributed by atoms with Crippen molar-refractivity contribution in [1.29, 1.82) is 0 Å². The molecule has 0 atom stereocenters. The van der Waals surface area contributed by atoms with Crippen LogP contribution in [-0.2, 0) is 0 Å². The Bertz CT molecular complexity index is 382. The molecule has 14 heavy (non-hydrogen) atoms. The molecule has 0 aliphatic heterocycles. The van der Waals surface area contributed by atoms with Crippen molar-refractivity contribution >= 4 is 5.97 Å². The number of rotatable bonds is 1. The molecule has 1 aromatic rings. The van der Waals surface area contributed by atoms with Crippen LogP contribution in [0, 0.1) is 32.4 Å². The highest BCUT2D eigenvalue weighted by Crippen LogP contribution is 2.24. The molecule has 0 saturated heterocycles. The zero-order valence-electron chi connectivity index (χ0n) is 8.11. The summed E-state index contributed by atoms with van der Waals surface area (Å²) < 4.78 is 26.4. The molecule has 0 aromatic heterocycles. The van der Waals surface area contributed by atoms with Gasteiger partial charge in [-0.3, -0.25) is 0 Å². The van der Waals surface area contributed by atoms with E-state index in [1.165, 1.54) is 13.8 Å². The summed E-state index contributed by atoms with van der Waals surface area (Å²) in [4.78, 5) is 10.7. The Morgan fingerprint density at radius 1 is 1.00 bits per heavy atom. The maximum atomic E-state index is 13.2. The number of benzene rings is 1. The van der Waals surface area contributed by atoms with Gasteiger partial charge in [0, 0.05) is 0 Å². The van der Waals surface area contributed by atoms with Crippen LogP contribution in [-0.4, -0.2) is 11.1 Å². The Morgan fingerprint density at radius 2 is 1.50 bits per heavy atom. The third-order valence-corrected chi connectivity index (χ3v) is 2.46. The third kappa shape index (κ3) is 1.36. The van der Waals surface area contributed by atoms with Crippen molar-refractivity contribution < 1.29 is 18.7 Å². The monoisotopic (exact) mass is 200 g/mol. The van der Waals surface area contributed by atoms with Gasteiger partial charge in [0.1, 0.15) is 5.56 Å². The van der Waals surface area contributed by atoms with Gasteiger partial charge in [-0.2, -0.15) is 0 Å². The fourth-order valence-corrected chi connectivity index (χ4v) is 1.33. The molecule has 0 radical (unpaired) electrons. The molecular formula is C10H10F2O2. The fraction of sp³-hybridized carbons (Fsp3) is 0.300. The Balaban J connectivity index is 3.68. The van der Waals surface area contributed by atoms with Crippen molar-refractivity contribution in [3.8, 4) is 0 Å². The van der Waals surface area contributed by atoms with Crippen LogP contribution in [0.5, 0.6) is 0 Å². The highest BCUT2D eigenvalue weighted by molar-refractivity contribution is 5.90. The Kier molecular flexibility index (Phi) is 2.55. The zero-order chi connectivity index (χ0) is 11.0. The van der Waals surface area contributed by atoms with Crippen molar-refractivity contribution in [2.75, 3.05) is 0 Å². The molecule has 0 bridgehead atoms. The molecule has 0 aliphatic rings. The first-order valence-corrected chi connectivity index (χ1v) is 4.06. The van der Waals surface area contributed by atoms with Gasteiger partial charge in [0.05, 0.1) is 0 Å². The first kappa shape index (κ1) is 10.6. The standard InChI is InChI=1S/C10H10F2O2/c1-4-5(2)7(10(13)14)9(12)8(11)6(4)3/h1-3H3,(H,13,14). The van der Waals surface area contributed by atoms with Crippen molar-refractivity contribution in [2.45, 2.75) is 20.8 Å². The Morgan fingerprint density at radius 3 is 1.93 bits per heavy atom. The first-order valence-electron chi connectivity index (χ1n) is 4.06. The number of aromatic carboxylic acids is 1. The second-order valence-electron chi connectivity index (χ2n) is 3.18. The second-order valence-corrected chi connectivity index (χ2v) is 3.18. The normalized spacial score (nSPS) is 10.4. The van der Waals surface area contributed by atoms with Gasteiger partial charge in [-0.25, -0.2) is 13.6 Å². The van der Waals surface area contributed by atoms with Gasteiger partial charge in [-0.1, -0.05) is 0 Å². The first-order chi connectivity index (χ1) is 6.37. The summed E-state index contributed by atoms with van der Waals surface area (Å²) in [7, 11) is 0. The highest BCUT2D eigenvalue weighted by atomic mass is 19.2. The lowest BCUT2D eigenvalue weighted by molar-refractivity contribution is 0.0689. The van der Waals surface area contributed by atoms with E-state index in [1.807, 2.05) is 0 Å². The molecule has 0 heterocycles. The van der Waals surface area contributed by atoms with Gasteiger partial charge >= 0.3 is 5.97 Å². The maximum absolute atomic E-state index is 13.2. The van der Waals surface area contributed by atoms with Gasteiger partial charge < -0.3 is 5.11 Å². The molecule has 76 valence electrons. The number of hydrogen-bond donors (Lipinski definition) is 1. The van der Waals surface area contributed by atoms with E-state index in [0.717, 1.165) is 0 Å². The van der Waals surface area contributed by atoms with Crippen LogP contribution >= 0.6 is 0 Å². The van der Waals surface area contributed by atoms with E-state index in [-0.39, 0.29) is 11.1 Å². The minimum absolute atomic E-state index is 0.157. The third-order valence-electron chi connectivity index (χ3n) is 2.46. The van der Waals surface area contributed by atoms with Crippen molar-refractivity contribution in [1.82, 2.24) is 0 Å². The molecule has 1 rings (SSSR count). The smallest absolute Gasteiger partial charge is 0.339 e. The summed E-state index contributed by atoms with van der Waals surface area (Å²) in [5.41, 5.74) is 0.325. The average molecular weight is 200 g/mol. The Labute approximate surface area is 80.2 Å². The zero-order valence-corrected chi connectivity index (χ0v) is 8.11. The van der Waals surface area contributed by atoms with E-state index in [4.69, 9.17) is 5.11 Å². The second kappa shape index (κ2) is 3.36. The molecule has 2 nitrogen and oxygen atoms in total. The van der Waals surface area contributed by atoms with Crippen LogP contribution in [0.2, 0.25) is 0 Å². The average Bonchev–Trinajstić information content (AvgIpc) is 2.11. The largest absolute Gasteiger partial charge is 0.478 e. The lowest BCUT2D eigenvalue weighted by Crippen LogP contribution is -2.09. The van der Waals surface area contributed by atoms with Gasteiger partial charge in [0.25, 0.3) is 0 Å². The van der Waals surface area contributed by atoms with E-state index >= 15 is 0 Å². The number of carbonyl (C=O) groups is 1. The van der Waals surface area contributed by atoms with E-state index in [1.54, 1.807) is 6.92 Å². The predicted octanol–water partition coefficient (Wildman–Crippen LogP) is 2.59. The molecule has 0 unspecified atom stereocenters. The summed E-state index contributed by atoms with van der Waals surface area (Å²) >= 11 is 0. The van der Waals surface area contributed by atoms with E-state index in [9.17, 15) is 13.6 Å². The summed E-state index contributed by atoms with van der Waals surface area (Å²) in [5.74, 6) is -3.80. The van der Waals surface area contributed by atoms with Crippen LogP contribution < -0.4 is 0 Å². The Hall–Kier alpha value is -1.45. The van der Waals surface area contributed by atoms with Gasteiger partial charge in [0.2, 0.25) is 0 Å². The van der Waals surface area contributed by atoms with Gasteiger partial charge in [0.15, 0.2) is 11.6 Å². The summed E-state index contributed by atoms with van der Waals surface area (Å²) in [6.45, 7) is 4.46. The summed E-state index contributed by atoms with van der Waals surface area (Å²) in [6, 6.07) is 0. The number of halogens is 2. The molecule has 0 spiro atoms. The minimum atomic E-state index is -1.44. The molecule has 0 saturated carbocycles. The van der Waals surface area contributed by atoms with Crippen LogP contribution in [0.25, 0.3) is 0 Å². The predicted molar refractivity (Wildman–Crippen MR) is 47.5 cm³/mol. The fourth-order valence-electron chi connectivity index (χ4n) is 1.33. The van der Waals surface area contributed by atoms with Gasteiger partial charge in [-0.15, -0.1) is 0 Å². The van der Waals surface area contributed by atoms with Gasteiger partial charge in [-0.05, 0) is 37.5 Å². The molecule has 1 aromatic carbocycles. The highest BCUT2D eigenvalue weighted by Gasteiger charge is 2.22. The topological polar surface area (TPSA) is 37.3 Å². The molecule has 0 fully saturated rings. The van der Waals surface area contributed by atoms with Crippen LogP contribution in [0.4, 0.5) is 8.78 Å². The number of hydrogen-bond acceptors (Lipinski definition) is 1. The lowest BCUT2D eigenvalue weighted by Gasteiger charge is -2.10. The summed E-state index contributed by atoms with van der Waals surface area (Å²) in [6.07, 6.45) is 0. The minimum Gasteiger partial charge on any atom is -0.478 e. The molecular weight excluding hydrogens is 190 g/mol. The van der Waals surface area contributed by atoms with Crippen LogP contribution in [0.15, 0.2) is 0 Å². The van der Waals surface area contributed by atoms with E-state index in [2.05, 4.69) is 0 Å². The van der Waals surface area contributed by atoms with Crippen LogP contribution in [0.3, 0.4) is 0 Å². The van der Waals surface area contributed by atoms with Crippen LogP contribution in [0.1, 0.15) is 27.0 Å². The number of carboxylic acids is 1.